The van der Waals surface area contributed by atoms with Gasteiger partial charge in [0.1, 0.15) is 17.3 Å². The summed E-state index contributed by atoms with van der Waals surface area (Å²) in [4.78, 5) is 23.3. The number of carboxylic acid groups (broad SMARTS) is 1. The highest BCUT2D eigenvalue weighted by Crippen LogP contribution is 2.25. The molecule has 2 rings (SSSR count). The van der Waals surface area contributed by atoms with Crippen LogP contribution >= 0.6 is 0 Å². The highest BCUT2D eigenvalue weighted by atomic mass is 19.1. The van der Waals surface area contributed by atoms with Crippen molar-refractivity contribution in [3.63, 3.8) is 0 Å². The molecule has 0 saturated carbocycles. The maximum absolute atomic E-state index is 13.8. The van der Waals surface area contributed by atoms with E-state index < -0.39 is 23.2 Å². The van der Waals surface area contributed by atoms with Gasteiger partial charge in [0.15, 0.2) is 0 Å². The first-order valence-corrected chi connectivity index (χ1v) is 5.73. The van der Waals surface area contributed by atoms with Gasteiger partial charge in [-0.3, -0.25) is 4.79 Å². The Hall–Kier alpha value is -2.18. The molecule has 0 atom stereocenters. The monoisotopic (exact) mass is 270 g/mol. The molecule has 0 aliphatic carbocycles. The number of hydrogen-bond acceptors (Lipinski definition) is 3. The SMILES string of the molecule is O=C1CCN(c2c(F)cc(C(=O)O)cc2F)CCN1. The molecule has 1 aliphatic rings. The second-order valence-electron chi connectivity index (χ2n) is 4.18. The van der Waals surface area contributed by atoms with E-state index in [1.807, 2.05) is 0 Å². The molecule has 1 aliphatic heterocycles. The van der Waals surface area contributed by atoms with Crippen LogP contribution in [-0.4, -0.2) is 36.6 Å². The van der Waals surface area contributed by atoms with Crippen molar-refractivity contribution >= 4 is 17.6 Å². The van der Waals surface area contributed by atoms with E-state index in [1.54, 1.807) is 0 Å². The van der Waals surface area contributed by atoms with E-state index in [0.717, 1.165) is 12.1 Å². The molecule has 1 amide bonds. The quantitative estimate of drug-likeness (QED) is 0.840. The molecule has 0 aromatic heterocycles. The number of carbonyl (C=O) groups excluding carboxylic acids is 1. The van der Waals surface area contributed by atoms with Crippen molar-refractivity contribution < 1.29 is 23.5 Å². The molecule has 102 valence electrons. The van der Waals surface area contributed by atoms with Crippen LogP contribution in [0.3, 0.4) is 0 Å². The molecule has 2 N–H and O–H groups in total. The Balaban J connectivity index is 2.34. The van der Waals surface area contributed by atoms with Gasteiger partial charge in [-0.1, -0.05) is 0 Å². The Morgan fingerprint density at radius 3 is 2.47 bits per heavy atom. The number of amides is 1. The zero-order chi connectivity index (χ0) is 14.0. The average molecular weight is 270 g/mol. The number of nitrogens with one attached hydrogen (secondary N) is 1. The van der Waals surface area contributed by atoms with Crippen LogP contribution in [0.15, 0.2) is 12.1 Å². The van der Waals surface area contributed by atoms with Crippen LogP contribution in [0.4, 0.5) is 14.5 Å². The highest BCUT2D eigenvalue weighted by Gasteiger charge is 2.22. The molecule has 0 bridgehead atoms. The Labute approximate surface area is 107 Å². The van der Waals surface area contributed by atoms with Gasteiger partial charge in [-0.05, 0) is 12.1 Å². The molecule has 19 heavy (non-hydrogen) atoms. The third-order valence-corrected chi connectivity index (χ3v) is 2.89. The third-order valence-electron chi connectivity index (χ3n) is 2.89. The van der Waals surface area contributed by atoms with E-state index >= 15 is 0 Å². The zero-order valence-corrected chi connectivity index (χ0v) is 9.95. The predicted molar refractivity (Wildman–Crippen MR) is 63.2 cm³/mol. The first-order valence-electron chi connectivity index (χ1n) is 5.73. The van der Waals surface area contributed by atoms with E-state index in [2.05, 4.69) is 5.32 Å². The van der Waals surface area contributed by atoms with E-state index in [9.17, 15) is 18.4 Å². The van der Waals surface area contributed by atoms with Gasteiger partial charge >= 0.3 is 5.97 Å². The summed E-state index contributed by atoms with van der Waals surface area (Å²) in [5.41, 5.74) is -0.732. The minimum Gasteiger partial charge on any atom is -0.478 e. The molecule has 5 nitrogen and oxygen atoms in total. The van der Waals surface area contributed by atoms with Crippen LogP contribution in [0.5, 0.6) is 0 Å². The van der Waals surface area contributed by atoms with E-state index in [-0.39, 0.29) is 31.1 Å². The molecule has 1 saturated heterocycles. The molecule has 7 heteroatoms. The lowest BCUT2D eigenvalue weighted by atomic mass is 10.1. The lowest BCUT2D eigenvalue weighted by Gasteiger charge is -2.23. The molecular formula is C12H12F2N2O3. The molecular weight excluding hydrogens is 258 g/mol. The van der Waals surface area contributed by atoms with Gasteiger partial charge in [0.2, 0.25) is 5.91 Å². The van der Waals surface area contributed by atoms with Crippen LogP contribution in [0.25, 0.3) is 0 Å². The van der Waals surface area contributed by atoms with Crippen molar-refractivity contribution in [2.75, 3.05) is 24.5 Å². The second kappa shape index (κ2) is 5.21. The van der Waals surface area contributed by atoms with E-state index in [0.29, 0.717) is 6.54 Å². The van der Waals surface area contributed by atoms with Gasteiger partial charge in [0.25, 0.3) is 0 Å². The number of carboxylic acids is 1. The summed E-state index contributed by atoms with van der Waals surface area (Å²) >= 11 is 0. The molecule has 1 fully saturated rings. The van der Waals surface area contributed by atoms with Gasteiger partial charge in [0, 0.05) is 26.1 Å². The Kier molecular flexibility index (Phi) is 3.64. The predicted octanol–water partition coefficient (Wildman–Crippen LogP) is 0.989. The van der Waals surface area contributed by atoms with Crippen molar-refractivity contribution in [1.29, 1.82) is 0 Å². The lowest BCUT2D eigenvalue weighted by Crippen LogP contribution is -2.30. The van der Waals surface area contributed by atoms with Crippen LogP contribution in [0, 0.1) is 11.6 Å². The first-order chi connectivity index (χ1) is 8.99. The number of hydrogen-bond donors (Lipinski definition) is 2. The van der Waals surface area contributed by atoms with Gasteiger partial charge in [-0.15, -0.1) is 0 Å². The molecule has 0 spiro atoms. The fourth-order valence-electron chi connectivity index (χ4n) is 1.98. The van der Waals surface area contributed by atoms with Crippen molar-refractivity contribution in [1.82, 2.24) is 5.32 Å². The summed E-state index contributed by atoms with van der Waals surface area (Å²) in [7, 11) is 0. The lowest BCUT2D eigenvalue weighted by molar-refractivity contribution is -0.120. The van der Waals surface area contributed by atoms with E-state index in [4.69, 9.17) is 5.11 Å². The Morgan fingerprint density at radius 2 is 1.89 bits per heavy atom. The zero-order valence-electron chi connectivity index (χ0n) is 9.95. The highest BCUT2D eigenvalue weighted by molar-refractivity contribution is 5.88. The fourth-order valence-corrected chi connectivity index (χ4v) is 1.98. The minimum atomic E-state index is -1.39. The largest absolute Gasteiger partial charge is 0.478 e. The van der Waals surface area contributed by atoms with Crippen molar-refractivity contribution in [3.8, 4) is 0 Å². The second-order valence-corrected chi connectivity index (χ2v) is 4.18. The van der Waals surface area contributed by atoms with Crippen LogP contribution < -0.4 is 10.2 Å². The van der Waals surface area contributed by atoms with Crippen LogP contribution in [-0.2, 0) is 4.79 Å². The van der Waals surface area contributed by atoms with Crippen LogP contribution in [0.1, 0.15) is 16.8 Å². The maximum Gasteiger partial charge on any atom is 0.335 e. The number of rotatable bonds is 2. The van der Waals surface area contributed by atoms with Crippen LogP contribution in [0.2, 0.25) is 0 Å². The first kappa shape index (κ1) is 13.3. The average Bonchev–Trinajstić information content (AvgIpc) is 2.53. The maximum atomic E-state index is 13.8. The number of anilines is 1. The molecule has 0 radical (unpaired) electrons. The standard InChI is InChI=1S/C12H12F2N2O3/c13-8-5-7(12(18)19)6-9(14)11(8)16-3-1-10(17)15-2-4-16/h5-6H,1-4H2,(H,15,17)(H,18,19). The number of benzene rings is 1. The Morgan fingerprint density at radius 1 is 1.26 bits per heavy atom. The topological polar surface area (TPSA) is 69.6 Å². The molecule has 0 unspecified atom stereocenters. The van der Waals surface area contributed by atoms with Gasteiger partial charge in [-0.2, -0.15) is 0 Å². The van der Waals surface area contributed by atoms with Gasteiger partial charge < -0.3 is 15.3 Å². The summed E-state index contributed by atoms with van der Waals surface area (Å²) in [6.45, 7) is 0.747. The molecule has 1 heterocycles. The normalized spacial score (nSPS) is 15.9. The Bertz CT molecular complexity index is 511. The smallest absolute Gasteiger partial charge is 0.335 e. The number of halogens is 2. The van der Waals surface area contributed by atoms with Crippen molar-refractivity contribution in [2.45, 2.75) is 6.42 Å². The molecule has 1 aromatic carbocycles. The summed E-state index contributed by atoms with van der Waals surface area (Å²) in [6, 6.07) is 1.56. The van der Waals surface area contributed by atoms with Gasteiger partial charge in [-0.25, -0.2) is 13.6 Å². The summed E-state index contributed by atoms with van der Waals surface area (Å²) < 4.78 is 27.7. The fraction of sp³-hybridized carbons (Fsp3) is 0.333. The summed E-state index contributed by atoms with van der Waals surface area (Å²) in [6.07, 6.45) is 0.138. The number of nitrogens with zero attached hydrogens (tertiary/aromatic N) is 1. The third kappa shape index (κ3) is 2.81. The number of aromatic carboxylic acids is 1. The number of carbonyl (C=O) groups is 2. The molecule has 1 aromatic rings. The summed E-state index contributed by atoms with van der Waals surface area (Å²) in [5, 5.41) is 11.3. The van der Waals surface area contributed by atoms with Crippen molar-refractivity contribution in [3.05, 3.63) is 29.3 Å². The van der Waals surface area contributed by atoms with Gasteiger partial charge in [0.05, 0.1) is 5.56 Å². The van der Waals surface area contributed by atoms with E-state index in [1.165, 1.54) is 4.90 Å². The van der Waals surface area contributed by atoms with Crippen molar-refractivity contribution in [2.24, 2.45) is 0 Å². The minimum absolute atomic E-state index is 0.138. The summed E-state index contributed by atoms with van der Waals surface area (Å²) in [5.74, 6) is -3.44.